The Kier molecular flexibility index (Phi) is 7.32. The van der Waals surface area contributed by atoms with Gasteiger partial charge < -0.3 is 19.2 Å². The maximum Gasteiger partial charge on any atom is 0.278 e. The summed E-state index contributed by atoms with van der Waals surface area (Å²) >= 11 is 0. The molecule has 0 spiro atoms. The van der Waals surface area contributed by atoms with Gasteiger partial charge in [-0.2, -0.15) is 0 Å². The van der Waals surface area contributed by atoms with Gasteiger partial charge in [0.2, 0.25) is 0 Å². The van der Waals surface area contributed by atoms with Gasteiger partial charge in [0.15, 0.2) is 0 Å². The Hall–Kier alpha value is -4.00. The molecule has 0 unspecified atom stereocenters. The highest BCUT2D eigenvalue weighted by molar-refractivity contribution is 6.36. The summed E-state index contributed by atoms with van der Waals surface area (Å²) in [6.07, 6.45) is 3.31. The third-order valence-electron chi connectivity index (χ3n) is 5.25. The van der Waals surface area contributed by atoms with E-state index in [4.69, 9.17) is 13.9 Å². The van der Waals surface area contributed by atoms with Crippen LogP contribution in [0.25, 0.3) is 5.57 Å². The molecule has 0 atom stereocenters. The number of ether oxygens (including phenoxy) is 2. The molecule has 2 aromatic carbocycles. The van der Waals surface area contributed by atoms with Gasteiger partial charge in [0, 0.05) is 11.8 Å². The van der Waals surface area contributed by atoms with Crippen molar-refractivity contribution < 1.29 is 23.5 Å². The Bertz CT molecular complexity index is 1170. The van der Waals surface area contributed by atoms with Crippen molar-refractivity contribution in [1.29, 1.82) is 0 Å². The average molecular weight is 461 g/mol. The molecule has 34 heavy (non-hydrogen) atoms. The van der Waals surface area contributed by atoms with E-state index in [0.717, 1.165) is 12.8 Å². The first-order valence-electron chi connectivity index (χ1n) is 11.5. The zero-order chi connectivity index (χ0) is 23.9. The number of carbonyl (C=O) groups is 2. The molecule has 0 radical (unpaired) electrons. The van der Waals surface area contributed by atoms with E-state index in [2.05, 4.69) is 5.32 Å². The third-order valence-corrected chi connectivity index (χ3v) is 5.25. The van der Waals surface area contributed by atoms with Gasteiger partial charge in [-0.05, 0) is 54.8 Å². The van der Waals surface area contributed by atoms with Crippen molar-refractivity contribution in [3.8, 4) is 11.5 Å². The summed E-state index contributed by atoms with van der Waals surface area (Å²) in [5.74, 6) is 1.13. The quantitative estimate of drug-likeness (QED) is 0.394. The number of nitrogens with one attached hydrogen (secondary N) is 1. The fourth-order valence-corrected chi connectivity index (χ4v) is 3.63. The van der Waals surface area contributed by atoms with Gasteiger partial charge in [-0.25, -0.2) is 0 Å². The number of nitrogens with zero attached hydrogens (tertiary/aromatic N) is 1. The van der Waals surface area contributed by atoms with Crippen molar-refractivity contribution in [2.75, 3.05) is 18.5 Å². The molecule has 0 aliphatic carbocycles. The maximum absolute atomic E-state index is 13.4. The van der Waals surface area contributed by atoms with Crippen molar-refractivity contribution in [2.24, 2.45) is 0 Å². The zero-order valence-electron chi connectivity index (χ0n) is 19.4. The SMILES string of the molecule is CCCOc1ccc(C2=C(Nc3cccc(OCCC)c3)C(=O)N(Cc3ccco3)C2=O)cc1. The predicted octanol–water partition coefficient (Wildman–Crippen LogP) is 5.25. The molecular formula is C27H28N2O5. The highest BCUT2D eigenvalue weighted by atomic mass is 16.5. The second kappa shape index (κ2) is 10.7. The fourth-order valence-electron chi connectivity index (χ4n) is 3.63. The molecule has 2 heterocycles. The molecule has 0 bridgehead atoms. The van der Waals surface area contributed by atoms with Crippen LogP contribution in [0.2, 0.25) is 0 Å². The van der Waals surface area contributed by atoms with Gasteiger partial charge >= 0.3 is 0 Å². The van der Waals surface area contributed by atoms with Gasteiger partial charge in [0.05, 0.1) is 31.6 Å². The van der Waals surface area contributed by atoms with E-state index in [9.17, 15) is 9.59 Å². The Morgan fingerprint density at radius 2 is 1.59 bits per heavy atom. The molecule has 2 amide bonds. The first-order chi connectivity index (χ1) is 16.6. The summed E-state index contributed by atoms with van der Waals surface area (Å²) in [5, 5.41) is 3.17. The molecule has 0 fully saturated rings. The largest absolute Gasteiger partial charge is 0.494 e. The second-order valence-electron chi connectivity index (χ2n) is 7.90. The monoisotopic (exact) mass is 460 g/mol. The summed E-state index contributed by atoms with van der Waals surface area (Å²) in [6, 6.07) is 18.0. The number of anilines is 1. The molecule has 7 nitrogen and oxygen atoms in total. The fraction of sp³-hybridized carbons (Fsp3) is 0.259. The summed E-state index contributed by atoms with van der Waals surface area (Å²) < 4.78 is 16.7. The Morgan fingerprint density at radius 3 is 2.26 bits per heavy atom. The predicted molar refractivity (Wildman–Crippen MR) is 129 cm³/mol. The lowest BCUT2D eigenvalue weighted by Crippen LogP contribution is -2.31. The second-order valence-corrected chi connectivity index (χ2v) is 7.90. The van der Waals surface area contributed by atoms with Crippen molar-refractivity contribution in [3.63, 3.8) is 0 Å². The topological polar surface area (TPSA) is 81.0 Å². The molecule has 176 valence electrons. The summed E-state index contributed by atoms with van der Waals surface area (Å²) in [5.41, 5.74) is 1.81. The Morgan fingerprint density at radius 1 is 0.853 bits per heavy atom. The Balaban J connectivity index is 1.67. The van der Waals surface area contributed by atoms with Crippen LogP contribution in [-0.4, -0.2) is 29.9 Å². The van der Waals surface area contributed by atoms with E-state index in [1.54, 1.807) is 24.3 Å². The zero-order valence-corrected chi connectivity index (χ0v) is 19.4. The first kappa shape index (κ1) is 23.2. The molecule has 1 aliphatic heterocycles. The first-order valence-corrected chi connectivity index (χ1v) is 11.5. The average Bonchev–Trinajstić information content (AvgIpc) is 3.45. The van der Waals surface area contributed by atoms with E-state index >= 15 is 0 Å². The normalized spacial score (nSPS) is 13.5. The summed E-state index contributed by atoms with van der Waals surface area (Å²) in [7, 11) is 0. The number of furan rings is 1. The molecule has 0 saturated carbocycles. The molecule has 3 aromatic rings. The van der Waals surface area contributed by atoms with Gasteiger partial charge in [-0.3, -0.25) is 14.5 Å². The van der Waals surface area contributed by atoms with E-state index in [1.165, 1.54) is 11.2 Å². The highest BCUT2D eigenvalue weighted by Gasteiger charge is 2.39. The molecule has 1 N–H and O–H groups in total. The molecule has 0 saturated heterocycles. The maximum atomic E-state index is 13.4. The summed E-state index contributed by atoms with van der Waals surface area (Å²) in [4.78, 5) is 28.0. The van der Waals surface area contributed by atoms with Gasteiger partial charge in [0.1, 0.15) is 23.0 Å². The number of amides is 2. The number of benzene rings is 2. The molecular weight excluding hydrogens is 432 g/mol. The molecule has 1 aliphatic rings. The van der Waals surface area contributed by atoms with E-state index in [0.29, 0.717) is 47.3 Å². The smallest absolute Gasteiger partial charge is 0.278 e. The van der Waals surface area contributed by atoms with Crippen LogP contribution in [0.3, 0.4) is 0 Å². The number of hydrogen-bond donors (Lipinski definition) is 1. The van der Waals surface area contributed by atoms with Gasteiger partial charge in [-0.15, -0.1) is 0 Å². The van der Waals surface area contributed by atoms with Crippen LogP contribution in [0.15, 0.2) is 77.0 Å². The van der Waals surface area contributed by atoms with Crippen LogP contribution in [0.5, 0.6) is 11.5 Å². The third kappa shape index (κ3) is 5.14. The Labute approximate surface area is 199 Å². The highest BCUT2D eigenvalue weighted by Crippen LogP contribution is 2.33. The lowest BCUT2D eigenvalue weighted by molar-refractivity contribution is -0.137. The number of carbonyl (C=O) groups excluding carboxylic acids is 2. The van der Waals surface area contributed by atoms with Crippen LogP contribution < -0.4 is 14.8 Å². The van der Waals surface area contributed by atoms with E-state index < -0.39 is 5.91 Å². The van der Waals surface area contributed by atoms with Crippen LogP contribution in [0, 0.1) is 0 Å². The van der Waals surface area contributed by atoms with Crippen LogP contribution >= 0.6 is 0 Å². The minimum Gasteiger partial charge on any atom is -0.494 e. The lowest BCUT2D eigenvalue weighted by Gasteiger charge is -2.14. The molecule has 1 aromatic heterocycles. The van der Waals surface area contributed by atoms with Gasteiger partial charge in [-0.1, -0.05) is 32.0 Å². The van der Waals surface area contributed by atoms with Crippen LogP contribution in [-0.2, 0) is 16.1 Å². The minimum atomic E-state index is -0.414. The van der Waals surface area contributed by atoms with Crippen molar-refractivity contribution in [2.45, 2.75) is 33.2 Å². The van der Waals surface area contributed by atoms with Crippen molar-refractivity contribution in [1.82, 2.24) is 4.90 Å². The van der Waals surface area contributed by atoms with Crippen molar-refractivity contribution in [3.05, 3.63) is 83.9 Å². The van der Waals surface area contributed by atoms with Gasteiger partial charge in [0.25, 0.3) is 11.8 Å². The summed E-state index contributed by atoms with van der Waals surface area (Å²) in [6.45, 7) is 5.33. The number of hydrogen-bond acceptors (Lipinski definition) is 6. The minimum absolute atomic E-state index is 0.0523. The van der Waals surface area contributed by atoms with Crippen LogP contribution in [0.4, 0.5) is 5.69 Å². The molecule has 7 heteroatoms. The standard InChI is InChI=1S/C27H28N2O5/c1-3-14-32-21-12-10-19(11-13-21)24-25(28-20-7-5-8-22(17-20)33-15-4-2)27(31)29(26(24)30)18-23-9-6-16-34-23/h5-13,16-17,28H,3-4,14-15,18H2,1-2H3. The van der Waals surface area contributed by atoms with E-state index in [-0.39, 0.29) is 18.1 Å². The van der Waals surface area contributed by atoms with Crippen molar-refractivity contribution >= 4 is 23.1 Å². The molecule has 4 rings (SSSR count). The lowest BCUT2D eigenvalue weighted by atomic mass is 10.0. The van der Waals surface area contributed by atoms with E-state index in [1.807, 2.05) is 50.2 Å². The van der Waals surface area contributed by atoms with Crippen LogP contribution in [0.1, 0.15) is 38.0 Å². The number of imide groups is 1. The number of rotatable bonds is 11.